The molecule has 3 N–H and O–H groups in total. The number of aliphatic hydroxyl groups excluding tert-OH is 1. The maximum Gasteiger partial charge on any atom is 0.259 e. The van der Waals surface area contributed by atoms with Crippen molar-refractivity contribution in [3.8, 4) is 0 Å². The van der Waals surface area contributed by atoms with Crippen molar-refractivity contribution in [2.24, 2.45) is 0 Å². The van der Waals surface area contributed by atoms with E-state index in [9.17, 15) is 19.5 Å². The number of hydrogen-bond donors (Lipinski definition) is 3. The minimum atomic E-state index is -1.56. The lowest BCUT2D eigenvalue weighted by Crippen LogP contribution is -2.57. The van der Waals surface area contributed by atoms with Gasteiger partial charge >= 0.3 is 0 Å². The summed E-state index contributed by atoms with van der Waals surface area (Å²) in [4.78, 5) is 41.5. The van der Waals surface area contributed by atoms with Crippen LogP contribution in [0.25, 0.3) is 10.8 Å². The third kappa shape index (κ3) is 3.22. The Hall–Kier alpha value is -2.97. The highest BCUT2D eigenvalue weighted by Gasteiger charge is 2.43. The number of nitrogens with one attached hydrogen (secondary N) is 1. The molecule has 0 aliphatic carbocycles. The van der Waals surface area contributed by atoms with E-state index in [1.54, 1.807) is 17.9 Å². The molecule has 0 aromatic heterocycles. The monoisotopic (exact) mass is 411 g/mol. The van der Waals surface area contributed by atoms with Gasteiger partial charge in [-0.15, -0.1) is 0 Å². The Bertz CT molecular complexity index is 1010. The third-order valence-electron chi connectivity index (χ3n) is 6.06. The van der Waals surface area contributed by atoms with E-state index in [2.05, 4.69) is 5.32 Å². The van der Waals surface area contributed by atoms with Gasteiger partial charge in [-0.25, -0.2) is 0 Å². The average molecular weight is 411 g/mol. The first-order valence-electron chi connectivity index (χ1n) is 10.1. The van der Waals surface area contributed by atoms with Crippen molar-refractivity contribution in [1.29, 1.82) is 0 Å². The van der Waals surface area contributed by atoms with Crippen LogP contribution in [0.3, 0.4) is 0 Å². The number of aliphatic hydroxyl groups is 2. The standard InChI is InChI=1S/C22H25N3O5/c1-14(19(27)24-11-8-22(30,9-12-24)21(29)23-10-13-26)25-17-7-3-5-15-4-2-6-16(18(15)17)20(25)28/h2-7,14,26,30H,8-13H2,1H3,(H,23,29). The fourth-order valence-corrected chi connectivity index (χ4v) is 4.36. The molecule has 2 aliphatic rings. The van der Waals surface area contributed by atoms with Gasteiger partial charge in [0.15, 0.2) is 0 Å². The van der Waals surface area contributed by atoms with Crippen molar-refractivity contribution >= 4 is 34.2 Å². The predicted molar refractivity (Wildman–Crippen MR) is 111 cm³/mol. The molecule has 158 valence electrons. The third-order valence-corrected chi connectivity index (χ3v) is 6.06. The number of rotatable bonds is 5. The van der Waals surface area contributed by atoms with E-state index in [0.29, 0.717) is 5.56 Å². The molecule has 0 spiro atoms. The summed E-state index contributed by atoms with van der Waals surface area (Å²) in [7, 11) is 0. The summed E-state index contributed by atoms with van der Waals surface area (Å²) in [6.07, 6.45) is 0.207. The Morgan fingerprint density at radius 1 is 1.17 bits per heavy atom. The minimum Gasteiger partial charge on any atom is -0.395 e. The lowest BCUT2D eigenvalue weighted by Gasteiger charge is -2.39. The number of piperidine rings is 1. The van der Waals surface area contributed by atoms with Gasteiger partial charge in [0.25, 0.3) is 11.8 Å². The van der Waals surface area contributed by atoms with Gasteiger partial charge in [0.1, 0.15) is 11.6 Å². The van der Waals surface area contributed by atoms with Crippen LogP contribution < -0.4 is 10.2 Å². The van der Waals surface area contributed by atoms with Crippen LogP contribution in [0.15, 0.2) is 36.4 Å². The van der Waals surface area contributed by atoms with Crippen molar-refractivity contribution in [3.05, 3.63) is 42.0 Å². The maximum atomic E-state index is 13.2. The first-order valence-corrected chi connectivity index (χ1v) is 10.1. The normalized spacial score (nSPS) is 18.6. The lowest BCUT2D eigenvalue weighted by molar-refractivity contribution is -0.149. The van der Waals surface area contributed by atoms with Crippen molar-refractivity contribution in [1.82, 2.24) is 10.2 Å². The lowest BCUT2D eigenvalue weighted by atomic mass is 9.90. The second kappa shape index (κ2) is 7.70. The largest absolute Gasteiger partial charge is 0.395 e. The molecule has 30 heavy (non-hydrogen) atoms. The summed E-state index contributed by atoms with van der Waals surface area (Å²) in [6.45, 7) is 2.00. The smallest absolute Gasteiger partial charge is 0.259 e. The average Bonchev–Trinajstić information content (AvgIpc) is 3.05. The number of nitrogens with zero attached hydrogens (tertiary/aromatic N) is 2. The molecular formula is C22H25N3O5. The van der Waals surface area contributed by atoms with Crippen LogP contribution in [-0.2, 0) is 9.59 Å². The quantitative estimate of drug-likeness (QED) is 0.669. The predicted octanol–water partition coefficient (Wildman–Crippen LogP) is 0.651. The molecule has 1 atom stereocenters. The molecule has 2 aromatic carbocycles. The molecule has 1 saturated heterocycles. The Balaban J connectivity index is 1.49. The Kier molecular flexibility index (Phi) is 5.21. The summed E-state index contributed by atoms with van der Waals surface area (Å²) in [6, 6.07) is 10.5. The van der Waals surface area contributed by atoms with Crippen LogP contribution in [-0.4, -0.2) is 70.7 Å². The van der Waals surface area contributed by atoms with Gasteiger partial charge in [-0.1, -0.05) is 24.3 Å². The number of carbonyl (C=O) groups is 3. The SMILES string of the molecule is CC(C(=O)N1CCC(O)(C(=O)NCCO)CC1)N1C(=O)c2cccc3cccc1c23. The number of amides is 3. The first-order chi connectivity index (χ1) is 14.4. The molecule has 2 heterocycles. The van der Waals surface area contributed by atoms with Gasteiger partial charge in [-0.3, -0.25) is 19.3 Å². The van der Waals surface area contributed by atoms with Crippen LogP contribution in [0.5, 0.6) is 0 Å². The minimum absolute atomic E-state index is 0.0734. The van der Waals surface area contributed by atoms with Crippen LogP contribution in [0.4, 0.5) is 5.69 Å². The molecule has 0 bridgehead atoms. The van der Waals surface area contributed by atoms with E-state index in [-0.39, 0.29) is 50.9 Å². The first kappa shape index (κ1) is 20.3. The number of benzene rings is 2. The van der Waals surface area contributed by atoms with Gasteiger partial charge in [-0.05, 0) is 24.4 Å². The molecule has 1 unspecified atom stereocenters. The van der Waals surface area contributed by atoms with E-state index in [1.807, 2.05) is 30.3 Å². The van der Waals surface area contributed by atoms with Crippen molar-refractivity contribution < 1.29 is 24.6 Å². The zero-order valence-electron chi connectivity index (χ0n) is 16.8. The molecule has 2 aliphatic heterocycles. The van der Waals surface area contributed by atoms with Crippen molar-refractivity contribution in [2.45, 2.75) is 31.4 Å². The van der Waals surface area contributed by atoms with E-state index in [4.69, 9.17) is 5.11 Å². The van der Waals surface area contributed by atoms with E-state index in [0.717, 1.165) is 16.5 Å². The van der Waals surface area contributed by atoms with Gasteiger partial charge in [-0.2, -0.15) is 0 Å². The highest BCUT2D eigenvalue weighted by Crippen LogP contribution is 2.38. The molecule has 2 aromatic rings. The number of likely N-dealkylation sites (tertiary alicyclic amines) is 1. The molecule has 1 fully saturated rings. The summed E-state index contributed by atoms with van der Waals surface area (Å²) in [5.41, 5.74) is -0.234. The second-order valence-electron chi connectivity index (χ2n) is 7.87. The van der Waals surface area contributed by atoms with Gasteiger partial charge in [0.2, 0.25) is 5.91 Å². The molecule has 8 heteroatoms. The Labute approximate surface area is 174 Å². The van der Waals surface area contributed by atoms with E-state index in [1.165, 1.54) is 4.90 Å². The van der Waals surface area contributed by atoms with Gasteiger partial charge < -0.3 is 20.4 Å². The zero-order chi connectivity index (χ0) is 21.5. The van der Waals surface area contributed by atoms with Crippen LogP contribution >= 0.6 is 0 Å². The highest BCUT2D eigenvalue weighted by molar-refractivity contribution is 6.26. The summed E-state index contributed by atoms with van der Waals surface area (Å²) in [5, 5.41) is 23.7. The molecular weight excluding hydrogens is 386 g/mol. The van der Waals surface area contributed by atoms with Crippen LogP contribution in [0, 0.1) is 0 Å². The van der Waals surface area contributed by atoms with E-state index >= 15 is 0 Å². The van der Waals surface area contributed by atoms with E-state index < -0.39 is 17.6 Å². The molecule has 8 nitrogen and oxygen atoms in total. The van der Waals surface area contributed by atoms with Gasteiger partial charge in [0.05, 0.1) is 12.3 Å². The highest BCUT2D eigenvalue weighted by atomic mass is 16.3. The number of hydrogen-bond acceptors (Lipinski definition) is 5. The zero-order valence-corrected chi connectivity index (χ0v) is 16.8. The fraction of sp³-hybridized carbons (Fsp3) is 0.409. The summed E-state index contributed by atoms with van der Waals surface area (Å²) in [5.74, 6) is -0.945. The number of anilines is 1. The van der Waals surface area contributed by atoms with Crippen molar-refractivity contribution in [3.63, 3.8) is 0 Å². The van der Waals surface area contributed by atoms with Crippen molar-refractivity contribution in [2.75, 3.05) is 31.1 Å². The molecule has 4 rings (SSSR count). The van der Waals surface area contributed by atoms with Crippen LogP contribution in [0.2, 0.25) is 0 Å². The molecule has 0 saturated carbocycles. The fourth-order valence-electron chi connectivity index (χ4n) is 4.36. The summed E-state index contributed by atoms with van der Waals surface area (Å²) < 4.78 is 0. The number of carbonyl (C=O) groups excluding carboxylic acids is 3. The molecule has 3 amide bonds. The Morgan fingerprint density at radius 3 is 2.50 bits per heavy atom. The second-order valence-corrected chi connectivity index (χ2v) is 7.87. The maximum absolute atomic E-state index is 13.2. The molecule has 0 radical (unpaired) electrons. The summed E-state index contributed by atoms with van der Waals surface area (Å²) >= 11 is 0. The topological polar surface area (TPSA) is 110 Å². The van der Waals surface area contributed by atoms with Crippen LogP contribution in [0.1, 0.15) is 30.1 Å². The van der Waals surface area contributed by atoms with Gasteiger partial charge in [0, 0.05) is 43.4 Å². The Morgan fingerprint density at radius 2 is 1.83 bits per heavy atom.